The first kappa shape index (κ1) is 26.2. The van der Waals surface area contributed by atoms with Crippen LogP contribution < -0.4 is 5.32 Å². The zero-order valence-corrected chi connectivity index (χ0v) is 21.7. The summed E-state index contributed by atoms with van der Waals surface area (Å²) >= 11 is 1.16. The van der Waals surface area contributed by atoms with E-state index in [-0.39, 0.29) is 40.4 Å². The monoisotopic (exact) mass is 513 g/mol. The molecule has 1 amide bonds. The summed E-state index contributed by atoms with van der Waals surface area (Å²) in [4.78, 5) is 13.2. The fourth-order valence-electron chi connectivity index (χ4n) is 3.32. The second-order valence-electron chi connectivity index (χ2n) is 7.97. The number of nitrogens with one attached hydrogen (secondary N) is 1. The molecule has 184 valence electrons. The zero-order valence-electron chi connectivity index (χ0n) is 20.0. The first-order valence-corrected chi connectivity index (χ1v) is 13.4. The van der Waals surface area contributed by atoms with Gasteiger partial charge in [0.05, 0.1) is 10.1 Å². The number of carbonyl (C=O) groups excluding carboxylic acids is 1. The quantitative estimate of drug-likeness (QED) is 0.313. The van der Waals surface area contributed by atoms with Crippen LogP contribution in [0.2, 0.25) is 0 Å². The zero-order chi connectivity index (χ0) is 25.8. The van der Waals surface area contributed by atoms with Gasteiger partial charge >= 0.3 is 0 Å². The molecule has 0 radical (unpaired) electrons. The van der Waals surface area contributed by atoms with E-state index in [2.05, 4.69) is 28.2 Å². The average Bonchev–Trinajstić information content (AvgIpc) is 3.30. The molecule has 2 heterocycles. The average molecular weight is 514 g/mol. The van der Waals surface area contributed by atoms with Crippen molar-refractivity contribution < 1.29 is 17.6 Å². The highest BCUT2D eigenvalue weighted by molar-refractivity contribution is 8.00. The van der Waals surface area contributed by atoms with Crippen LogP contribution in [0.1, 0.15) is 41.6 Å². The largest absolute Gasteiger partial charge is 0.444 e. The van der Waals surface area contributed by atoms with Crippen molar-refractivity contribution in [3.05, 3.63) is 65.2 Å². The predicted octanol–water partition coefficient (Wildman–Crippen LogP) is 4.34. The number of nitriles is 1. The molecule has 1 unspecified atom stereocenters. The predicted molar refractivity (Wildman–Crippen MR) is 134 cm³/mol. The molecule has 0 bridgehead atoms. The van der Waals surface area contributed by atoms with Crippen LogP contribution in [0.25, 0.3) is 0 Å². The molecular formula is C24H27N5O4S2. The second-order valence-corrected chi connectivity index (χ2v) is 11.1. The molecule has 0 fully saturated rings. The van der Waals surface area contributed by atoms with Crippen molar-refractivity contribution in [1.29, 1.82) is 5.26 Å². The lowest BCUT2D eigenvalue weighted by Gasteiger charge is -2.14. The molecular weight excluding hydrogens is 486 g/mol. The van der Waals surface area contributed by atoms with Crippen LogP contribution in [0.5, 0.6) is 0 Å². The molecule has 3 rings (SSSR count). The summed E-state index contributed by atoms with van der Waals surface area (Å²) in [5.41, 5.74) is 1.92. The third kappa shape index (κ3) is 5.83. The van der Waals surface area contributed by atoms with Gasteiger partial charge in [-0.1, -0.05) is 42.5 Å². The number of hydrogen-bond donors (Lipinski definition) is 1. The van der Waals surface area contributed by atoms with Crippen molar-refractivity contribution in [2.75, 3.05) is 5.32 Å². The molecule has 3 aromatic rings. The Balaban J connectivity index is 1.83. The molecule has 1 aromatic carbocycles. The Morgan fingerprint density at radius 3 is 2.57 bits per heavy atom. The van der Waals surface area contributed by atoms with Crippen molar-refractivity contribution in [2.24, 2.45) is 0 Å². The summed E-state index contributed by atoms with van der Waals surface area (Å²) in [7, 11) is -3.65. The van der Waals surface area contributed by atoms with E-state index in [0.29, 0.717) is 22.9 Å². The first-order valence-electron chi connectivity index (χ1n) is 10.9. The molecule has 35 heavy (non-hydrogen) atoms. The smallest absolute Gasteiger partial charge is 0.240 e. The maximum absolute atomic E-state index is 13.0. The van der Waals surface area contributed by atoms with Gasteiger partial charge in [-0.25, -0.2) is 8.42 Å². The second kappa shape index (κ2) is 10.9. The minimum atomic E-state index is -3.65. The van der Waals surface area contributed by atoms with Crippen LogP contribution in [-0.4, -0.2) is 34.3 Å². The number of thioether (sulfide) groups is 1. The van der Waals surface area contributed by atoms with Gasteiger partial charge in [-0.15, -0.1) is 16.8 Å². The van der Waals surface area contributed by atoms with Gasteiger partial charge in [0.1, 0.15) is 29.0 Å². The number of furan rings is 1. The van der Waals surface area contributed by atoms with E-state index in [1.54, 1.807) is 48.8 Å². The third-order valence-electron chi connectivity index (χ3n) is 5.45. The van der Waals surface area contributed by atoms with E-state index in [1.807, 2.05) is 13.8 Å². The Morgan fingerprint density at radius 2 is 1.97 bits per heavy atom. The van der Waals surface area contributed by atoms with E-state index < -0.39 is 15.1 Å². The fourth-order valence-corrected chi connectivity index (χ4v) is 5.57. The number of sulfone groups is 1. The number of aryl methyl sites for hydroxylation is 2. The number of amides is 1. The van der Waals surface area contributed by atoms with Gasteiger partial charge in [0.15, 0.2) is 15.0 Å². The molecule has 11 heteroatoms. The van der Waals surface area contributed by atoms with Crippen LogP contribution in [0, 0.1) is 32.1 Å². The molecule has 0 aliphatic rings. The molecule has 2 aromatic heterocycles. The summed E-state index contributed by atoms with van der Waals surface area (Å²) < 4.78 is 33.1. The number of aromatic nitrogens is 3. The number of allylic oxidation sites excluding steroid dienone is 1. The number of hydrogen-bond acceptors (Lipinski definition) is 8. The summed E-state index contributed by atoms with van der Waals surface area (Å²) in [6, 6.07) is 8.68. The summed E-state index contributed by atoms with van der Waals surface area (Å²) in [6.07, 6.45) is 2.07. The SMILES string of the molecule is C=CCn1c(CS(=O)(=O)c2ccc(C)cc2)nnc1SC(CC)C(=O)Nc1oc(C)c(C)c1C#N. The van der Waals surface area contributed by atoms with E-state index in [0.717, 1.165) is 17.3 Å². The van der Waals surface area contributed by atoms with E-state index in [4.69, 9.17) is 4.42 Å². The Bertz CT molecular complexity index is 1380. The van der Waals surface area contributed by atoms with Crippen LogP contribution in [0.3, 0.4) is 0 Å². The molecule has 0 spiro atoms. The molecule has 9 nitrogen and oxygen atoms in total. The van der Waals surface area contributed by atoms with Gasteiger partial charge in [0.2, 0.25) is 11.8 Å². The van der Waals surface area contributed by atoms with Gasteiger partial charge in [-0.05, 0) is 39.3 Å². The molecule has 0 aliphatic heterocycles. The number of rotatable bonds is 10. The Kier molecular flexibility index (Phi) is 8.19. The minimum Gasteiger partial charge on any atom is -0.444 e. The Hall–Kier alpha value is -3.36. The first-order chi connectivity index (χ1) is 16.6. The highest BCUT2D eigenvalue weighted by Crippen LogP contribution is 2.30. The van der Waals surface area contributed by atoms with Gasteiger partial charge in [-0.3, -0.25) is 10.1 Å². The summed E-state index contributed by atoms with van der Waals surface area (Å²) in [6.45, 7) is 11.2. The van der Waals surface area contributed by atoms with Gasteiger partial charge in [0, 0.05) is 12.1 Å². The minimum absolute atomic E-state index is 0.115. The van der Waals surface area contributed by atoms with Crippen LogP contribution >= 0.6 is 11.8 Å². The third-order valence-corrected chi connectivity index (χ3v) is 8.42. The molecule has 0 saturated heterocycles. The number of anilines is 1. The van der Waals surface area contributed by atoms with E-state index >= 15 is 0 Å². The number of benzene rings is 1. The number of carbonyl (C=O) groups is 1. The molecule has 0 aliphatic carbocycles. The lowest BCUT2D eigenvalue weighted by molar-refractivity contribution is -0.115. The van der Waals surface area contributed by atoms with Crippen molar-refractivity contribution in [1.82, 2.24) is 14.8 Å². The van der Waals surface area contributed by atoms with Gasteiger partial charge in [-0.2, -0.15) is 5.26 Å². The lowest BCUT2D eigenvalue weighted by atomic mass is 10.2. The Morgan fingerprint density at radius 1 is 1.29 bits per heavy atom. The fraction of sp³-hybridized carbons (Fsp3) is 0.333. The standard InChI is InChI=1S/C24H27N5O4S2/c1-6-12-29-21(14-35(31,32)18-10-8-15(3)9-11-18)27-28-24(29)34-20(7-2)22(30)26-23-19(13-25)16(4)17(5)33-23/h6,8-11,20H,1,7,12,14H2,2-5H3,(H,26,30). The summed E-state index contributed by atoms with van der Waals surface area (Å²) in [5.74, 6) is 0.236. The Labute approximate surface area is 209 Å². The van der Waals surface area contributed by atoms with Crippen molar-refractivity contribution >= 4 is 33.4 Å². The normalized spacial score (nSPS) is 12.2. The van der Waals surface area contributed by atoms with Crippen molar-refractivity contribution in [2.45, 2.75) is 61.7 Å². The van der Waals surface area contributed by atoms with Crippen molar-refractivity contribution in [3.8, 4) is 6.07 Å². The highest BCUT2D eigenvalue weighted by Gasteiger charge is 2.27. The maximum atomic E-state index is 13.0. The highest BCUT2D eigenvalue weighted by atomic mass is 32.2. The van der Waals surface area contributed by atoms with Gasteiger partial charge < -0.3 is 8.98 Å². The topological polar surface area (TPSA) is 131 Å². The van der Waals surface area contributed by atoms with Crippen LogP contribution in [-0.2, 0) is 26.9 Å². The van der Waals surface area contributed by atoms with E-state index in [9.17, 15) is 18.5 Å². The molecule has 1 N–H and O–H groups in total. The lowest BCUT2D eigenvalue weighted by Crippen LogP contribution is -2.25. The molecule has 1 atom stereocenters. The number of nitrogens with zero attached hydrogens (tertiary/aromatic N) is 4. The maximum Gasteiger partial charge on any atom is 0.240 e. The molecule has 0 saturated carbocycles. The van der Waals surface area contributed by atoms with Crippen LogP contribution in [0.4, 0.5) is 5.88 Å². The van der Waals surface area contributed by atoms with E-state index in [1.165, 1.54) is 0 Å². The summed E-state index contributed by atoms with van der Waals surface area (Å²) in [5, 5.41) is 20.2. The van der Waals surface area contributed by atoms with Crippen LogP contribution in [0.15, 0.2) is 51.4 Å². The van der Waals surface area contributed by atoms with Crippen molar-refractivity contribution in [3.63, 3.8) is 0 Å². The van der Waals surface area contributed by atoms with Gasteiger partial charge in [0.25, 0.3) is 0 Å².